The Morgan fingerprint density at radius 2 is 1.83 bits per heavy atom. The van der Waals surface area contributed by atoms with Gasteiger partial charge in [-0.1, -0.05) is 35.5 Å². The van der Waals surface area contributed by atoms with Crippen LogP contribution in [0, 0.1) is 5.41 Å². The van der Waals surface area contributed by atoms with Crippen molar-refractivity contribution >= 4 is 28.5 Å². The van der Waals surface area contributed by atoms with E-state index in [4.69, 9.17) is 27.5 Å². The largest absolute Gasteiger partial charge is 0.456 e. The van der Waals surface area contributed by atoms with Gasteiger partial charge in [-0.2, -0.15) is 13.2 Å². The van der Waals surface area contributed by atoms with Gasteiger partial charge in [0, 0.05) is 5.75 Å². The first-order chi connectivity index (χ1) is 10.8. The Kier molecular flexibility index (Phi) is 5.43. The van der Waals surface area contributed by atoms with Gasteiger partial charge in [-0.25, -0.2) is 0 Å². The molecule has 0 spiro atoms. The molecule has 0 atom stereocenters. The topological polar surface area (TPSA) is 59.1 Å². The molecule has 2 aromatic carbocycles. The number of benzene rings is 2. The van der Waals surface area contributed by atoms with Crippen molar-refractivity contribution in [3.05, 3.63) is 58.6 Å². The van der Waals surface area contributed by atoms with Crippen molar-refractivity contribution in [3.63, 3.8) is 0 Å². The summed E-state index contributed by atoms with van der Waals surface area (Å²) in [6.45, 7) is 0. The predicted molar refractivity (Wildman–Crippen MR) is 86.2 cm³/mol. The number of ether oxygens (including phenoxy) is 1. The SMILES string of the molecule is N=C(N)SCc1ccc(Oc2ccc(C(F)(F)F)cc2Cl)cc1. The third kappa shape index (κ3) is 5.07. The molecule has 3 N–H and O–H groups in total. The van der Waals surface area contributed by atoms with Crippen LogP contribution in [0.5, 0.6) is 11.5 Å². The Hall–Kier alpha value is -1.86. The van der Waals surface area contributed by atoms with E-state index >= 15 is 0 Å². The lowest BCUT2D eigenvalue weighted by atomic mass is 10.2. The third-order valence-corrected chi connectivity index (χ3v) is 3.89. The second-order valence-corrected chi connectivity index (χ2v) is 5.97. The monoisotopic (exact) mass is 360 g/mol. The molecule has 0 amide bonds. The molecule has 0 aliphatic heterocycles. The van der Waals surface area contributed by atoms with Gasteiger partial charge in [-0.15, -0.1) is 0 Å². The van der Waals surface area contributed by atoms with Gasteiger partial charge >= 0.3 is 6.18 Å². The quantitative estimate of drug-likeness (QED) is 0.576. The van der Waals surface area contributed by atoms with Crippen LogP contribution in [0.3, 0.4) is 0 Å². The summed E-state index contributed by atoms with van der Waals surface area (Å²) in [6.07, 6.45) is -4.45. The smallest absolute Gasteiger partial charge is 0.416 e. The normalized spacial score (nSPS) is 11.3. The summed E-state index contributed by atoms with van der Waals surface area (Å²) < 4.78 is 43.2. The minimum Gasteiger partial charge on any atom is -0.456 e. The van der Waals surface area contributed by atoms with Gasteiger partial charge in [0.2, 0.25) is 0 Å². The number of hydrogen-bond donors (Lipinski definition) is 2. The average Bonchev–Trinajstić information content (AvgIpc) is 2.47. The van der Waals surface area contributed by atoms with Crippen molar-refractivity contribution in [2.75, 3.05) is 0 Å². The number of alkyl halides is 3. The lowest BCUT2D eigenvalue weighted by molar-refractivity contribution is -0.137. The minimum absolute atomic E-state index is 0.0295. The molecule has 0 aliphatic carbocycles. The van der Waals surface area contributed by atoms with Gasteiger partial charge in [0.25, 0.3) is 0 Å². The molecule has 0 unspecified atom stereocenters. The first-order valence-electron chi connectivity index (χ1n) is 6.36. The molecule has 122 valence electrons. The standard InChI is InChI=1S/C15H12ClF3N2OS/c16-12-7-10(15(17,18)19)3-6-13(12)22-11-4-1-9(2-5-11)8-23-14(20)21/h1-7H,8H2,(H3,20,21). The first-order valence-corrected chi connectivity index (χ1v) is 7.72. The summed E-state index contributed by atoms with van der Waals surface area (Å²) >= 11 is 7.03. The van der Waals surface area contributed by atoms with Crippen LogP contribution in [-0.4, -0.2) is 5.17 Å². The highest BCUT2D eigenvalue weighted by molar-refractivity contribution is 8.13. The summed E-state index contributed by atoms with van der Waals surface area (Å²) in [5, 5.41) is 7.06. The summed E-state index contributed by atoms with van der Waals surface area (Å²) in [4.78, 5) is 0. The Morgan fingerprint density at radius 3 is 2.35 bits per heavy atom. The number of nitrogens with two attached hydrogens (primary N) is 1. The van der Waals surface area contributed by atoms with E-state index in [0.29, 0.717) is 11.5 Å². The molecule has 23 heavy (non-hydrogen) atoms. The van der Waals surface area contributed by atoms with Crippen molar-refractivity contribution in [1.29, 1.82) is 5.41 Å². The third-order valence-electron chi connectivity index (χ3n) is 2.80. The summed E-state index contributed by atoms with van der Waals surface area (Å²) in [6, 6.07) is 9.83. The molecule has 0 fully saturated rings. The fourth-order valence-corrected chi connectivity index (χ4v) is 2.44. The van der Waals surface area contributed by atoms with E-state index in [0.717, 1.165) is 17.7 Å². The summed E-state index contributed by atoms with van der Waals surface area (Å²) in [5.74, 6) is 1.14. The number of rotatable bonds is 4. The highest BCUT2D eigenvalue weighted by atomic mass is 35.5. The maximum absolute atomic E-state index is 12.6. The molecule has 8 heteroatoms. The molecule has 0 aliphatic rings. The molecule has 0 bridgehead atoms. The Labute approximate surface area is 140 Å². The van der Waals surface area contributed by atoms with Crippen LogP contribution in [0.1, 0.15) is 11.1 Å². The van der Waals surface area contributed by atoms with Crippen LogP contribution >= 0.6 is 23.4 Å². The van der Waals surface area contributed by atoms with Crippen LogP contribution in [0.15, 0.2) is 42.5 Å². The second kappa shape index (κ2) is 7.14. The number of nitrogens with one attached hydrogen (secondary N) is 1. The molecular formula is C15H12ClF3N2OS. The van der Waals surface area contributed by atoms with E-state index in [1.54, 1.807) is 24.3 Å². The maximum Gasteiger partial charge on any atom is 0.416 e. The van der Waals surface area contributed by atoms with E-state index < -0.39 is 11.7 Å². The van der Waals surface area contributed by atoms with Crippen LogP contribution in [-0.2, 0) is 11.9 Å². The predicted octanol–water partition coefficient (Wildman–Crippen LogP) is 5.28. The summed E-state index contributed by atoms with van der Waals surface area (Å²) in [5.41, 5.74) is 5.37. The van der Waals surface area contributed by atoms with Crippen molar-refractivity contribution in [1.82, 2.24) is 0 Å². The van der Waals surface area contributed by atoms with Crippen LogP contribution < -0.4 is 10.5 Å². The van der Waals surface area contributed by atoms with E-state index in [1.165, 1.54) is 17.8 Å². The zero-order valence-electron chi connectivity index (χ0n) is 11.7. The van der Waals surface area contributed by atoms with Gasteiger partial charge in [-0.05, 0) is 35.9 Å². The minimum atomic E-state index is -4.45. The lowest BCUT2D eigenvalue weighted by Gasteiger charge is -2.11. The zero-order chi connectivity index (χ0) is 17.0. The second-order valence-electron chi connectivity index (χ2n) is 4.54. The van der Waals surface area contributed by atoms with Crippen molar-refractivity contribution in [2.45, 2.75) is 11.9 Å². The Morgan fingerprint density at radius 1 is 1.17 bits per heavy atom. The Bertz CT molecular complexity index is 705. The van der Waals surface area contributed by atoms with Gasteiger partial charge in [0.05, 0.1) is 10.6 Å². The van der Waals surface area contributed by atoms with Crippen molar-refractivity contribution in [3.8, 4) is 11.5 Å². The number of hydrogen-bond acceptors (Lipinski definition) is 3. The van der Waals surface area contributed by atoms with Gasteiger partial charge < -0.3 is 10.5 Å². The molecule has 0 radical (unpaired) electrons. The van der Waals surface area contributed by atoms with E-state index in [1.807, 2.05) is 0 Å². The molecule has 0 saturated carbocycles. The highest BCUT2D eigenvalue weighted by Crippen LogP contribution is 2.36. The Balaban J connectivity index is 2.09. The van der Waals surface area contributed by atoms with Gasteiger partial charge in [0.15, 0.2) is 5.17 Å². The first kappa shape index (κ1) is 17.5. The number of halogens is 4. The van der Waals surface area contributed by atoms with E-state index in [9.17, 15) is 13.2 Å². The molecule has 2 rings (SSSR count). The van der Waals surface area contributed by atoms with Crippen LogP contribution in [0.25, 0.3) is 0 Å². The zero-order valence-corrected chi connectivity index (χ0v) is 13.2. The fraction of sp³-hybridized carbons (Fsp3) is 0.133. The average molecular weight is 361 g/mol. The lowest BCUT2D eigenvalue weighted by Crippen LogP contribution is -2.04. The highest BCUT2D eigenvalue weighted by Gasteiger charge is 2.31. The van der Waals surface area contributed by atoms with Gasteiger partial charge in [0.1, 0.15) is 11.5 Å². The fourth-order valence-electron chi connectivity index (χ4n) is 1.70. The van der Waals surface area contributed by atoms with E-state index in [-0.39, 0.29) is 15.9 Å². The maximum atomic E-state index is 12.6. The van der Waals surface area contributed by atoms with Crippen molar-refractivity contribution in [2.24, 2.45) is 5.73 Å². The van der Waals surface area contributed by atoms with Gasteiger partial charge in [-0.3, -0.25) is 5.41 Å². The molecule has 3 nitrogen and oxygen atoms in total. The van der Waals surface area contributed by atoms with Crippen LogP contribution in [0.2, 0.25) is 5.02 Å². The van der Waals surface area contributed by atoms with E-state index in [2.05, 4.69) is 0 Å². The number of amidine groups is 1. The molecule has 0 aromatic heterocycles. The molecule has 2 aromatic rings. The van der Waals surface area contributed by atoms with Crippen LogP contribution in [0.4, 0.5) is 13.2 Å². The van der Waals surface area contributed by atoms with Crippen molar-refractivity contribution < 1.29 is 17.9 Å². The molecule has 0 saturated heterocycles. The number of thioether (sulfide) groups is 1. The summed E-state index contributed by atoms with van der Waals surface area (Å²) in [7, 11) is 0. The molecular weight excluding hydrogens is 349 g/mol. The molecule has 0 heterocycles.